The molecular formula is C33H31Cl2FN4O5. The van der Waals surface area contributed by atoms with Gasteiger partial charge in [0.05, 0.1) is 22.8 Å². The number of methoxy groups -OCH3 is 1. The third-order valence-electron chi connectivity index (χ3n) is 7.99. The van der Waals surface area contributed by atoms with Gasteiger partial charge < -0.3 is 19.9 Å². The van der Waals surface area contributed by atoms with E-state index in [0.717, 1.165) is 15.6 Å². The van der Waals surface area contributed by atoms with E-state index in [4.69, 9.17) is 27.9 Å². The maximum absolute atomic E-state index is 15.5. The van der Waals surface area contributed by atoms with Crippen molar-refractivity contribution in [2.75, 3.05) is 19.0 Å². The van der Waals surface area contributed by atoms with Gasteiger partial charge >= 0.3 is 5.69 Å². The Morgan fingerprint density at radius 3 is 2.40 bits per heavy atom. The lowest BCUT2D eigenvalue weighted by molar-refractivity contribution is -0.117. The van der Waals surface area contributed by atoms with E-state index < -0.39 is 23.0 Å². The summed E-state index contributed by atoms with van der Waals surface area (Å²) in [5, 5.41) is 6.37. The fourth-order valence-electron chi connectivity index (χ4n) is 5.54. The number of ether oxygens (including phenoxy) is 1. The number of Topliss-reactive ketones (excluding diaryl/α,β-unsaturated/α-hetero) is 1. The number of amides is 1. The summed E-state index contributed by atoms with van der Waals surface area (Å²) in [7, 11) is 4.20. The highest BCUT2D eigenvalue weighted by molar-refractivity contribution is 6.39. The second kappa shape index (κ2) is 13.4. The minimum atomic E-state index is -0.742. The quantitative estimate of drug-likeness (QED) is 0.244. The van der Waals surface area contributed by atoms with Gasteiger partial charge in [0.15, 0.2) is 0 Å². The summed E-state index contributed by atoms with van der Waals surface area (Å²) >= 11 is 13.7. The summed E-state index contributed by atoms with van der Waals surface area (Å²) in [6.07, 6.45) is 3.16. The number of nitrogens with one attached hydrogen (secondary N) is 2. The van der Waals surface area contributed by atoms with Gasteiger partial charge in [0.25, 0.3) is 11.5 Å². The number of hydrogen-bond acceptors (Lipinski definition) is 6. The van der Waals surface area contributed by atoms with Crippen LogP contribution in [0, 0.1) is 11.7 Å². The molecule has 0 unspecified atom stereocenters. The molecule has 0 spiro atoms. The number of hydrogen-bond donors (Lipinski definition) is 2. The Hall–Kier alpha value is -4.25. The minimum absolute atomic E-state index is 0.167. The molecule has 1 atom stereocenters. The van der Waals surface area contributed by atoms with Crippen LogP contribution in [0.3, 0.4) is 0 Å². The lowest BCUT2D eigenvalue weighted by Gasteiger charge is -2.17. The van der Waals surface area contributed by atoms with Crippen molar-refractivity contribution in [2.45, 2.75) is 25.8 Å². The second-order valence-electron chi connectivity index (χ2n) is 11.0. The van der Waals surface area contributed by atoms with E-state index in [9.17, 15) is 19.2 Å². The molecule has 234 valence electrons. The Kier molecular flexibility index (Phi) is 9.57. The number of ketones is 1. The van der Waals surface area contributed by atoms with Crippen LogP contribution in [0.15, 0.2) is 64.3 Å². The average molecular weight is 654 g/mol. The summed E-state index contributed by atoms with van der Waals surface area (Å²) in [5.41, 5.74) is 1.12. The average Bonchev–Trinajstić information content (AvgIpc) is 3.44. The third-order valence-corrected chi connectivity index (χ3v) is 8.81. The highest BCUT2D eigenvalue weighted by Gasteiger charge is 2.23. The van der Waals surface area contributed by atoms with E-state index in [1.165, 1.54) is 33.5 Å². The van der Waals surface area contributed by atoms with Crippen LogP contribution in [0.5, 0.6) is 5.75 Å². The van der Waals surface area contributed by atoms with Gasteiger partial charge in [-0.1, -0.05) is 53.5 Å². The number of aryl methyl sites for hydroxylation is 1. The van der Waals surface area contributed by atoms with Gasteiger partial charge in [-0.15, -0.1) is 0 Å². The smallest absolute Gasteiger partial charge is 0.330 e. The SMILES string of the molecule is COc1cc(-c2cccc(-c3cccc(NC(=O)c4cn(C)c(=O)n(C)c4=O)c3Cl)c2Cl)cc(F)c1CNC[C@@H]1CCC(=O)C1. The molecule has 0 aliphatic heterocycles. The molecule has 4 aromatic rings. The first kappa shape index (κ1) is 32.2. The Labute approximate surface area is 268 Å². The molecule has 3 aromatic carbocycles. The zero-order chi connectivity index (χ0) is 32.4. The molecule has 5 rings (SSSR count). The van der Waals surface area contributed by atoms with E-state index in [0.29, 0.717) is 58.0 Å². The third kappa shape index (κ3) is 6.58. The fourth-order valence-corrected chi connectivity index (χ4v) is 6.15. The van der Waals surface area contributed by atoms with Crippen molar-refractivity contribution >= 4 is 40.6 Å². The molecule has 0 saturated heterocycles. The number of carbonyl (C=O) groups excluding carboxylic acids is 2. The van der Waals surface area contributed by atoms with Crippen LogP contribution in [0.2, 0.25) is 10.0 Å². The van der Waals surface area contributed by atoms with Crippen LogP contribution in [-0.2, 0) is 25.4 Å². The fraction of sp³-hybridized carbons (Fsp3) is 0.273. The normalized spacial score (nSPS) is 14.5. The molecule has 45 heavy (non-hydrogen) atoms. The van der Waals surface area contributed by atoms with Gasteiger partial charge in [0, 0.05) is 61.9 Å². The molecule has 2 N–H and O–H groups in total. The number of aromatic nitrogens is 2. The number of benzene rings is 3. The van der Waals surface area contributed by atoms with E-state index in [1.54, 1.807) is 42.5 Å². The van der Waals surface area contributed by atoms with Gasteiger partial charge in [-0.25, -0.2) is 9.18 Å². The first-order valence-electron chi connectivity index (χ1n) is 14.2. The first-order valence-corrected chi connectivity index (χ1v) is 15.0. The van der Waals surface area contributed by atoms with Crippen LogP contribution in [0.1, 0.15) is 35.2 Å². The van der Waals surface area contributed by atoms with Crippen molar-refractivity contribution in [3.8, 4) is 28.0 Å². The second-order valence-corrected chi connectivity index (χ2v) is 11.8. The van der Waals surface area contributed by atoms with E-state index in [2.05, 4.69) is 10.6 Å². The number of carbonyl (C=O) groups is 2. The molecule has 1 saturated carbocycles. The molecule has 1 heterocycles. The summed E-state index contributed by atoms with van der Waals surface area (Å²) < 4.78 is 23.0. The number of anilines is 1. The molecule has 1 amide bonds. The Morgan fingerprint density at radius 1 is 1.02 bits per heavy atom. The molecule has 0 bridgehead atoms. The predicted molar refractivity (Wildman–Crippen MR) is 173 cm³/mol. The van der Waals surface area contributed by atoms with Gasteiger partial charge in [0.2, 0.25) is 0 Å². The molecule has 1 fully saturated rings. The summed E-state index contributed by atoms with van der Waals surface area (Å²) in [5.74, 6) is -0.326. The van der Waals surface area contributed by atoms with Crippen molar-refractivity contribution in [2.24, 2.45) is 20.0 Å². The van der Waals surface area contributed by atoms with Gasteiger partial charge in [-0.05, 0) is 42.6 Å². The Balaban J connectivity index is 1.42. The van der Waals surface area contributed by atoms with E-state index in [1.807, 2.05) is 0 Å². The maximum Gasteiger partial charge on any atom is 0.330 e. The lowest BCUT2D eigenvalue weighted by atomic mass is 9.97. The van der Waals surface area contributed by atoms with Crippen molar-refractivity contribution < 1.29 is 18.7 Å². The van der Waals surface area contributed by atoms with Crippen molar-refractivity contribution in [1.82, 2.24) is 14.5 Å². The maximum atomic E-state index is 15.5. The van der Waals surface area contributed by atoms with Crippen molar-refractivity contribution in [3.05, 3.63) is 103 Å². The van der Waals surface area contributed by atoms with Crippen LogP contribution in [-0.4, -0.2) is 34.5 Å². The van der Waals surface area contributed by atoms with Crippen LogP contribution >= 0.6 is 23.2 Å². The van der Waals surface area contributed by atoms with Crippen LogP contribution in [0.4, 0.5) is 10.1 Å². The number of nitrogens with zero attached hydrogens (tertiary/aromatic N) is 2. The molecule has 9 nitrogen and oxygen atoms in total. The summed E-state index contributed by atoms with van der Waals surface area (Å²) in [6, 6.07) is 13.4. The van der Waals surface area contributed by atoms with Gasteiger partial charge in [-0.3, -0.25) is 19.0 Å². The summed E-state index contributed by atoms with van der Waals surface area (Å²) in [6.45, 7) is 0.860. The van der Waals surface area contributed by atoms with E-state index >= 15 is 4.39 Å². The topological polar surface area (TPSA) is 111 Å². The van der Waals surface area contributed by atoms with Crippen molar-refractivity contribution in [1.29, 1.82) is 0 Å². The predicted octanol–water partition coefficient (Wildman–Crippen LogP) is 5.58. The largest absolute Gasteiger partial charge is 0.496 e. The van der Waals surface area contributed by atoms with Gasteiger partial charge in [0.1, 0.15) is 22.9 Å². The van der Waals surface area contributed by atoms with Crippen LogP contribution < -0.4 is 26.6 Å². The van der Waals surface area contributed by atoms with E-state index in [-0.39, 0.29) is 34.5 Å². The molecule has 1 aliphatic carbocycles. The Morgan fingerprint density at radius 2 is 1.71 bits per heavy atom. The first-order chi connectivity index (χ1) is 21.5. The minimum Gasteiger partial charge on any atom is -0.496 e. The lowest BCUT2D eigenvalue weighted by Crippen LogP contribution is -2.40. The van der Waals surface area contributed by atoms with Crippen LogP contribution in [0.25, 0.3) is 22.3 Å². The summed E-state index contributed by atoms with van der Waals surface area (Å²) in [4.78, 5) is 49.2. The molecular weight excluding hydrogens is 622 g/mol. The zero-order valence-corrected chi connectivity index (χ0v) is 26.4. The molecule has 0 radical (unpaired) electrons. The highest BCUT2D eigenvalue weighted by atomic mass is 35.5. The Bertz CT molecular complexity index is 1940. The standard InChI is InChI=1S/C33H31Cl2FN4O5/c1-39-17-25(32(43)40(2)33(39)44)31(42)38-27-9-5-8-23(30(27)35)22-7-4-6-21(29(22)34)19-13-26(36)24(28(14-19)45-3)16-37-15-18-10-11-20(41)12-18/h4-9,13-14,17-18,37H,10-12,15-16H2,1-3H3,(H,38,42)/t18-/m1/s1. The van der Waals surface area contributed by atoms with Gasteiger partial charge in [-0.2, -0.15) is 0 Å². The highest BCUT2D eigenvalue weighted by Crippen LogP contribution is 2.42. The molecule has 12 heteroatoms. The zero-order valence-electron chi connectivity index (χ0n) is 24.9. The number of rotatable bonds is 9. The molecule has 1 aliphatic rings. The van der Waals surface area contributed by atoms with Crippen molar-refractivity contribution in [3.63, 3.8) is 0 Å². The monoisotopic (exact) mass is 652 g/mol. The number of halogens is 3. The molecule has 1 aromatic heterocycles.